The van der Waals surface area contributed by atoms with Gasteiger partial charge in [-0.1, -0.05) is 13.3 Å². The summed E-state index contributed by atoms with van der Waals surface area (Å²) in [7, 11) is 1.96. The molecule has 0 aromatic carbocycles. The van der Waals surface area contributed by atoms with E-state index in [0.717, 1.165) is 12.2 Å². The predicted molar refractivity (Wildman–Crippen MR) is 56.8 cm³/mol. The highest BCUT2D eigenvalue weighted by atomic mass is 32.2. The first-order chi connectivity index (χ1) is 5.85. The maximum Gasteiger partial charge on any atom is 0.0446 e. The molecule has 0 bridgehead atoms. The van der Waals surface area contributed by atoms with Crippen LogP contribution in [-0.4, -0.2) is 36.3 Å². The SMILES string of the molecule is CCCCSCC(CCO)NC. The number of hydrogen-bond acceptors (Lipinski definition) is 3. The molecule has 2 N–H and O–H groups in total. The van der Waals surface area contributed by atoms with Crippen LogP contribution in [0.25, 0.3) is 0 Å². The van der Waals surface area contributed by atoms with Crippen molar-refractivity contribution in [1.29, 1.82) is 0 Å². The topological polar surface area (TPSA) is 32.3 Å². The molecule has 0 saturated carbocycles. The minimum Gasteiger partial charge on any atom is -0.396 e. The number of thioether (sulfide) groups is 1. The fourth-order valence-electron chi connectivity index (χ4n) is 0.939. The average molecular weight is 191 g/mol. The molecule has 0 heterocycles. The molecule has 0 rings (SSSR count). The average Bonchev–Trinajstić information content (AvgIpc) is 2.10. The summed E-state index contributed by atoms with van der Waals surface area (Å²) >= 11 is 1.98. The van der Waals surface area contributed by atoms with Crippen LogP contribution in [0.4, 0.5) is 0 Å². The van der Waals surface area contributed by atoms with Gasteiger partial charge in [0.1, 0.15) is 0 Å². The van der Waals surface area contributed by atoms with Gasteiger partial charge in [-0.2, -0.15) is 11.8 Å². The van der Waals surface area contributed by atoms with Gasteiger partial charge in [-0.3, -0.25) is 0 Å². The Kier molecular flexibility index (Phi) is 9.57. The lowest BCUT2D eigenvalue weighted by Crippen LogP contribution is -2.28. The molecule has 2 nitrogen and oxygen atoms in total. The summed E-state index contributed by atoms with van der Waals surface area (Å²) in [5, 5.41) is 11.9. The molecule has 3 heteroatoms. The van der Waals surface area contributed by atoms with Crippen LogP contribution in [0.3, 0.4) is 0 Å². The van der Waals surface area contributed by atoms with E-state index in [0.29, 0.717) is 12.6 Å². The van der Waals surface area contributed by atoms with Crippen molar-refractivity contribution in [3.8, 4) is 0 Å². The molecule has 0 spiro atoms. The highest BCUT2D eigenvalue weighted by Crippen LogP contribution is 2.07. The molecule has 0 fully saturated rings. The number of unbranched alkanes of at least 4 members (excludes halogenated alkanes) is 1. The van der Waals surface area contributed by atoms with Gasteiger partial charge in [0.15, 0.2) is 0 Å². The minimum absolute atomic E-state index is 0.292. The number of nitrogens with one attached hydrogen (secondary N) is 1. The largest absolute Gasteiger partial charge is 0.396 e. The highest BCUT2D eigenvalue weighted by Gasteiger charge is 2.03. The lowest BCUT2D eigenvalue weighted by molar-refractivity contribution is 0.273. The zero-order chi connectivity index (χ0) is 9.23. The maximum absolute atomic E-state index is 8.72. The molecule has 74 valence electrons. The monoisotopic (exact) mass is 191 g/mol. The van der Waals surface area contributed by atoms with Gasteiger partial charge < -0.3 is 10.4 Å². The van der Waals surface area contributed by atoms with Crippen molar-refractivity contribution in [2.75, 3.05) is 25.2 Å². The molecule has 0 aliphatic carbocycles. The second-order valence-corrected chi connectivity index (χ2v) is 4.08. The van der Waals surface area contributed by atoms with Crippen LogP contribution in [-0.2, 0) is 0 Å². The van der Waals surface area contributed by atoms with Crippen LogP contribution < -0.4 is 5.32 Å². The lowest BCUT2D eigenvalue weighted by atomic mass is 10.2. The van der Waals surface area contributed by atoms with Gasteiger partial charge >= 0.3 is 0 Å². The summed E-state index contributed by atoms with van der Waals surface area (Å²) in [6.07, 6.45) is 3.45. The Bertz CT molecular complexity index is 90.6. The van der Waals surface area contributed by atoms with Gasteiger partial charge in [0.25, 0.3) is 0 Å². The Labute approximate surface area is 80.1 Å². The van der Waals surface area contributed by atoms with Crippen molar-refractivity contribution in [2.24, 2.45) is 0 Å². The molecule has 1 unspecified atom stereocenters. The predicted octanol–water partition coefficient (Wildman–Crippen LogP) is 1.49. The van der Waals surface area contributed by atoms with E-state index in [-0.39, 0.29) is 0 Å². The van der Waals surface area contributed by atoms with Gasteiger partial charge in [0.2, 0.25) is 0 Å². The van der Waals surface area contributed by atoms with Gasteiger partial charge in [-0.05, 0) is 25.6 Å². The fraction of sp³-hybridized carbons (Fsp3) is 1.00. The summed E-state index contributed by atoms with van der Waals surface area (Å²) in [5.74, 6) is 2.37. The summed E-state index contributed by atoms with van der Waals surface area (Å²) in [5.41, 5.74) is 0. The first kappa shape index (κ1) is 12.3. The Morgan fingerprint density at radius 3 is 2.75 bits per heavy atom. The van der Waals surface area contributed by atoms with E-state index in [9.17, 15) is 0 Å². The van der Waals surface area contributed by atoms with Crippen LogP contribution in [0, 0.1) is 0 Å². The number of hydrogen-bond donors (Lipinski definition) is 2. The molecule has 0 aliphatic rings. The maximum atomic E-state index is 8.72. The summed E-state index contributed by atoms with van der Waals surface area (Å²) in [6.45, 7) is 2.50. The first-order valence-electron chi connectivity index (χ1n) is 4.71. The first-order valence-corrected chi connectivity index (χ1v) is 5.86. The van der Waals surface area contributed by atoms with E-state index in [1.807, 2.05) is 18.8 Å². The Balaban J connectivity index is 3.19. The number of aliphatic hydroxyl groups excluding tert-OH is 1. The van der Waals surface area contributed by atoms with E-state index in [1.165, 1.54) is 18.6 Å². The van der Waals surface area contributed by atoms with E-state index >= 15 is 0 Å². The van der Waals surface area contributed by atoms with Crippen molar-refractivity contribution in [2.45, 2.75) is 32.2 Å². The van der Waals surface area contributed by atoms with E-state index in [1.54, 1.807) is 0 Å². The fourth-order valence-corrected chi connectivity index (χ4v) is 2.22. The zero-order valence-electron chi connectivity index (χ0n) is 8.18. The molecular formula is C9H21NOS. The molecule has 0 radical (unpaired) electrons. The van der Waals surface area contributed by atoms with Crippen LogP contribution in [0.2, 0.25) is 0 Å². The number of rotatable bonds is 8. The third kappa shape index (κ3) is 6.95. The van der Waals surface area contributed by atoms with E-state index in [4.69, 9.17) is 5.11 Å². The van der Waals surface area contributed by atoms with Gasteiger partial charge in [-0.25, -0.2) is 0 Å². The van der Waals surface area contributed by atoms with Crippen LogP contribution in [0.5, 0.6) is 0 Å². The zero-order valence-corrected chi connectivity index (χ0v) is 8.99. The van der Waals surface area contributed by atoms with Gasteiger partial charge in [0.05, 0.1) is 0 Å². The molecular weight excluding hydrogens is 170 g/mol. The molecule has 0 aromatic rings. The van der Waals surface area contributed by atoms with Gasteiger partial charge in [-0.15, -0.1) is 0 Å². The third-order valence-corrected chi connectivity index (χ3v) is 3.06. The second kappa shape index (κ2) is 9.36. The Morgan fingerprint density at radius 2 is 2.25 bits per heavy atom. The molecule has 1 atom stereocenters. The van der Waals surface area contributed by atoms with Crippen molar-refractivity contribution < 1.29 is 5.11 Å². The standard InChI is InChI=1S/C9H21NOS/c1-3-4-7-12-8-9(10-2)5-6-11/h9-11H,3-8H2,1-2H3. The summed E-state index contributed by atoms with van der Waals surface area (Å²) in [4.78, 5) is 0. The second-order valence-electron chi connectivity index (χ2n) is 2.93. The molecule has 0 amide bonds. The van der Waals surface area contributed by atoms with Crippen molar-refractivity contribution in [3.63, 3.8) is 0 Å². The quantitative estimate of drug-likeness (QED) is 0.570. The van der Waals surface area contributed by atoms with Crippen LogP contribution in [0.15, 0.2) is 0 Å². The van der Waals surface area contributed by atoms with E-state index in [2.05, 4.69) is 12.2 Å². The number of aliphatic hydroxyl groups is 1. The third-order valence-electron chi connectivity index (χ3n) is 1.85. The van der Waals surface area contributed by atoms with Crippen molar-refractivity contribution in [3.05, 3.63) is 0 Å². The molecule has 12 heavy (non-hydrogen) atoms. The van der Waals surface area contributed by atoms with E-state index < -0.39 is 0 Å². The Hall–Kier alpha value is 0.270. The normalized spacial score (nSPS) is 13.2. The molecule has 0 aromatic heterocycles. The molecule has 0 saturated heterocycles. The minimum atomic E-state index is 0.292. The van der Waals surface area contributed by atoms with Crippen LogP contribution >= 0.6 is 11.8 Å². The highest BCUT2D eigenvalue weighted by molar-refractivity contribution is 7.99. The Morgan fingerprint density at radius 1 is 1.50 bits per heavy atom. The van der Waals surface area contributed by atoms with Crippen LogP contribution in [0.1, 0.15) is 26.2 Å². The molecule has 0 aliphatic heterocycles. The van der Waals surface area contributed by atoms with Crippen molar-refractivity contribution in [1.82, 2.24) is 5.32 Å². The smallest absolute Gasteiger partial charge is 0.0446 e. The lowest BCUT2D eigenvalue weighted by Gasteiger charge is -2.13. The van der Waals surface area contributed by atoms with Gasteiger partial charge in [0, 0.05) is 18.4 Å². The van der Waals surface area contributed by atoms with Crippen molar-refractivity contribution >= 4 is 11.8 Å². The summed E-state index contributed by atoms with van der Waals surface area (Å²) < 4.78 is 0. The summed E-state index contributed by atoms with van der Waals surface area (Å²) in [6, 6.07) is 0.483.